The highest BCUT2D eigenvalue weighted by Gasteiger charge is 2.08. The number of rotatable bonds is 4. The Morgan fingerprint density at radius 3 is 2.88 bits per heavy atom. The number of thiophene rings is 1. The number of hydrogen-bond acceptors (Lipinski definition) is 3. The molecule has 0 amide bonds. The molecule has 2 nitrogen and oxygen atoms in total. The second-order valence-electron chi connectivity index (χ2n) is 4.02. The van der Waals surface area contributed by atoms with Crippen molar-refractivity contribution in [1.82, 2.24) is 10.3 Å². The monoisotopic (exact) mass is 266 g/mol. The van der Waals surface area contributed by atoms with Crippen LogP contribution < -0.4 is 5.32 Å². The molecule has 2 heterocycles. The van der Waals surface area contributed by atoms with E-state index in [1.165, 1.54) is 9.75 Å². The van der Waals surface area contributed by atoms with E-state index < -0.39 is 0 Å². The zero-order chi connectivity index (χ0) is 12.3. The summed E-state index contributed by atoms with van der Waals surface area (Å²) in [6.45, 7) is 5.06. The van der Waals surface area contributed by atoms with Crippen LogP contribution in [0.25, 0.3) is 0 Å². The number of halogens is 1. The van der Waals surface area contributed by atoms with Gasteiger partial charge in [-0.1, -0.05) is 11.6 Å². The molecule has 90 valence electrons. The van der Waals surface area contributed by atoms with E-state index in [4.69, 9.17) is 11.6 Å². The topological polar surface area (TPSA) is 24.9 Å². The number of nitrogens with zero attached hydrogens (tertiary/aromatic N) is 1. The highest BCUT2D eigenvalue weighted by atomic mass is 35.5. The first kappa shape index (κ1) is 12.6. The summed E-state index contributed by atoms with van der Waals surface area (Å²) in [4.78, 5) is 6.67. The zero-order valence-corrected chi connectivity index (χ0v) is 11.5. The Kier molecular flexibility index (Phi) is 4.15. The fourth-order valence-corrected chi connectivity index (χ4v) is 2.69. The van der Waals surface area contributed by atoms with Crippen LogP contribution in [0.15, 0.2) is 30.6 Å². The number of aromatic nitrogens is 1. The first-order valence-corrected chi connectivity index (χ1v) is 6.74. The van der Waals surface area contributed by atoms with Crippen LogP contribution in [-0.2, 0) is 6.54 Å². The Bertz CT molecular complexity index is 496. The molecule has 2 aromatic heterocycles. The predicted molar refractivity (Wildman–Crippen MR) is 73.6 cm³/mol. The summed E-state index contributed by atoms with van der Waals surface area (Å²) >= 11 is 7.89. The fraction of sp³-hybridized carbons (Fsp3) is 0.308. The molecule has 0 fully saturated rings. The minimum absolute atomic E-state index is 0.345. The Hall–Kier alpha value is -0.900. The lowest BCUT2D eigenvalue weighted by atomic mass is 10.2. The Labute approximate surface area is 111 Å². The van der Waals surface area contributed by atoms with Crippen molar-refractivity contribution < 1.29 is 0 Å². The van der Waals surface area contributed by atoms with Gasteiger partial charge in [-0.15, -0.1) is 11.3 Å². The standard InChI is InChI=1S/C13H15ClN2S/c1-9-3-4-13(17-9)10(2)16-7-11-5-6-15-8-12(11)14/h3-6,8,10,16H,7H2,1-2H3. The molecule has 1 N–H and O–H groups in total. The number of aryl methyl sites for hydroxylation is 1. The first-order chi connectivity index (χ1) is 8.16. The summed E-state index contributed by atoms with van der Waals surface area (Å²) in [5.74, 6) is 0. The molecular weight excluding hydrogens is 252 g/mol. The molecular formula is C13H15ClN2S. The average molecular weight is 267 g/mol. The van der Waals surface area contributed by atoms with Crippen LogP contribution >= 0.6 is 22.9 Å². The third-order valence-corrected chi connectivity index (χ3v) is 4.17. The molecule has 0 aliphatic rings. The van der Waals surface area contributed by atoms with Crippen molar-refractivity contribution in [2.24, 2.45) is 0 Å². The molecule has 0 aliphatic carbocycles. The van der Waals surface area contributed by atoms with Crippen LogP contribution in [-0.4, -0.2) is 4.98 Å². The molecule has 1 unspecified atom stereocenters. The SMILES string of the molecule is Cc1ccc(C(C)NCc2ccncc2Cl)s1. The predicted octanol–water partition coefficient (Wildman–Crippen LogP) is 3.96. The lowest BCUT2D eigenvalue weighted by molar-refractivity contribution is 0.582. The summed E-state index contributed by atoms with van der Waals surface area (Å²) in [5.41, 5.74) is 1.08. The molecule has 0 aromatic carbocycles. The van der Waals surface area contributed by atoms with Gasteiger partial charge < -0.3 is 5.32 Å². The lowest BCUT2D eigenvalue weighted by Gasteiger charge is -2.12. The van der Waals surface area contributed by atoms with Gasteiger partial charge in [0.2, 0.25) is 0 Å². The Balaban J connectivity index is 1.97. The number of pyridine rings is 1. The van der Waals surface area contributed by atoms with Crippen LogP contribution in [0, 0.1) is 6.92 Å². The quantitative estimate of drug-likeness (QED) is 0.906. The van der Waals surface area contributed by atoms with E-state index >= 15 is 0 Å². The summed E-state index contributed by atoms with van der Waals surface area (Å²) in [7, 11) is 0. The van der Waals surface area contributed by atoms with Gasteiger partial charge in [0.15, 0.2) is 0 Å². The summed E-state index contributed by atoms with van der Waals surface area (Å²) in [5, 5.41) is 4.18. The Morgan fingerprint density at radius 1 is 1.41 bits per heavy atom. The first-order valence-electron chi connectivity index (χ1n) is 5.55. The number of nitrogens with one attached hydrogen (secondary N) is 1. The maximum absolute atomic E-state index is 6.06. The molecule has 2 aromatic rings. The average Bonchev–Trinajstić information content (AvgIpc) is 2.74. The van der Waals surface area contributed by atoms with Crippen molar-refractivity contribution >= 4 is 22.9 Å². The molecule has 0 aliphatic heterocycles. The molecule has 0 saturated carbocycles. The van der Waals surface area contributed by atoms with Gasteiger partial charge in [-0.05, 0) is 37.6 Å². The molecule has 0 saturated heterocycles. The summed E-state index contributed by atoms with van der Waals surface area (Å²) in [6.07, 6.45) is 3.45. The maximum atomic E-state index is 6.06. The molecule has 0 spiro atoms. The van der Waals surface area contributed by atoms with E-state index in [0.29, 0.717) is 6.04 Å². The minimum atomic E-state index is 0.345. The van der Waals surface area contributed by atoms with Gasteiger partial charge in [-0.25, -0.2) is 0 Å². The van der Waals surface area contributed by atoms with Crippen molar-refractivity contribution in [2.75, 3.05) is 0 Å². The third kappa shape index (κ3) is 3.28. The van der Waals surface area contributed by atoms with Crippen LogP contribution in [0.5, 0.6) is 0 Å². The van der Waals surface area contributed by atoms with Crippen molar-refractivity contribution in [3.05, 3.63) is 50.9 Å². The van der Waals surface area contributed by atoms with Crippen molar-refractivity contribution in [1.29, 1.82) is 0 Å². The van der Waals surface area contributed by atoms with Gasteiger partial charge in [0.25, 0.3) is 0 Å². The van der Waals surface area contributed by atoms with Gasteiger partial charge >= 0.3 is 0 Å². The van der Waals surface area contributed by atoms with Crippen molar-refractivity contribution in [3.8, 4) is 0 Å². The molecule has 2 rings (SSSR count). The Morgan fingerprint density at radius 2 is 2.24 bits per heavy atom. The summed E-state index contributed by atoms with van der Waals surface area (Å²) in [6, 6.07) is 6.61. The fourth-order valence-electron chi connectivity index (χ4n) is 1.60. The van der Waals surface area contributed by atoms with Gasteiger partial charge in [0, 0.05) is 34.7 Å². The normalized spacial score (nSPS) is 12.6. The van der Waals surface area contributed by atoms with Gasteiger partial charge in [-0.3, -0.25) is 4.98 Å². The molecule has 0 radical (unpaired) electrons. The second kappa shape index (κ2) is 5.63. The molecule has 4 heteroatoms. The van der Waals surface area contributed by atoms with Crippen LogP contribution in [0.1, 0.15) is 28.3 Å². The van der Waals surface area contributed by atoms with Gasteiger partial charge in [0.1, 0.15) is 0 Å². The van der Waals surface area contributed by atoms with E-state index in [0.717, 1.165) is 17.1 Å². The maximum Gasteiger partial charge on any atom is 0.0634 e. The second-order valence-corrected chi connectivity index (χ2v) is 5.74. The largest absolute Gasteiger partial charge is 0.305 e. The molecule has 1 atom stereocenters. The van der Waals surface area contributed by atoms with Gasteiger partial charge in [-0.2, -0.15) is 0 Å². The van der Waals surface area contributed by atoms with Crippen LogP contribution in [0.4, 0.5) is 0 Å². The van der Waals surface area contributed by atoms with E-state index in [1.807, 2.05) is 17.4 Å². The van der Waals surface area contributed by atoms with Crippen molar-refractivity contribution in [3.63, 3.8) is 0 Å². The smallest absolute Gasteiger partial charge is 0.0634 e. The zero-order valence-electron chi connectivity index (χ0n) is 9.90. The van der Waals surface area contributed by atoms with E-state index in [-0.39, 0.29) is 0 Å². The highest BCUT2D eigenvalue weighted by molar-refractivity contribution is 7.12. The molecule has 17 heavy (non-hydrogen) atoms. The van der Waals surface area contributed by atoms with E-state index in [9.17, 15) is 0 Å². The third-order valence-electron chi connectivity index (χ3n) is 2.64. The molecule has 0 bridgehead atoms. The lowest BCUT2D eigenvalue weighted by Crippen LogP contribution is -2.17. The van der Waals surface area contributed by atoms with Gasteiger partial charge in [0.05, 0.1) is 5.02 Å². The summed E-state index contributed by atoms with van der Waals surface area (Å²) < 4.78 is 0. The number of hydrogen-bond donors (Lipinski definition) is 1. The van der Waals surface area contributed by atoms with Crippen LogP contribution in [0.2, 0.25) is 5.02 Å². The highest BCUT2D eigenvalue weighted by Crippen LogP contribution is 2.23. The minimum Gasteiger partial charge on any atom is -0.305 e. The van der Waals surface area contributed by atoms with E-state index in [1.54, 1.807) is 12.4 Å². The van der Waals surface area contributed by atoms with Crippen molar-refractivity contribution in [2.45, 2.75) is 26.4 Å². The van der Waals surface area contributed by atoms with E-state index in [2.05, 4.69) is 36.3 Å². The van der Waals surface area contributed by atoms with Crippen LogP contribution in [0.3, 0.4) is 0 Å².